The molecule has 0 fully saturated rings. The minimum absolute atomic E-state index is 0.250. The van der Waals surface area contributed by atoms with Gasteiger partial charge in [0.05, 0.1) is 5.69 Å². The molecule has 9 heteroatoms. The molecule has 0 bridgehead atoms. The Morgan fingerprint density at radius 3 is 2.47 bits per heavy atom. The van der Waals surface area contributed by atoms with Crippen LogP contribution in [0, 0.1) is 6.92 Å². The van der Waals surface area contributed by atoms with Gasteiger partial charge < -0.3 is 4.74 Å². The zero-order chi connectivity index (χ0) is 14.2. The molecule has 0 saturated heterocycles. The Morgan fingerprint density at radius 2 is 1.95 bits per heavy atom. The molecule has 0 aliphatic carbocycles. The van der Waals surface area contributed by atoms with Gasteiger partial charge in [-0.15, -0.1) is 0 Å². The van der Waals surface area contributed by atoms with Crippen molar-refractivity contribution >= 4 is 11.6 Å². The molecular weight excluding hydrogens is 285 g/mol. The van der Waals surface area contributed by atoms with E-state index in [1.807, 2.05) is 0 Å². The minimum Gasteiger partial charge on any atom is -0.421 e. The van der Waals surface area contributed by atoms with E-state index in [9.17, 15) is 13.2 Å². The average molecular weight is 293 g/mol. The van der Waals surface area contributed by atoms with Crippen LogP contribution in [0.25, 0.3) is 0 Å². The van der Waals surface area contributed by atoms with Crippen LogP contribution < -0.4 is 4.74 Å². The first kappa shape index (κ1) is 13.6. The van der Waals surface area contributed by atoms with Crippen molar-refractivity contribution in [2.75, 3.05) is 0 Å². The van der Waals surface area contributed by atoms with Gasteiger partial charge in [0.25, 0.3) is 0 Å². The summed E-state index contributed by atoms with van der Waals surface area (Å²) in [5.74, 6) is -1.40. The highest BCUT2D eigenvalue weighted by molar-refractivity contribution is 6.29. The van der Waals surface area contributed by atoms with Crippen LogP contribution in [-0.4, -0.2) is 19.7 Å². The van der Waals surface area contributed by atoms with Crippen molar-refractivity contribution in [3.8, 4) is 11.8 Å². The lowest BCUT2D eigenvalue weighted by atomic mass is 10.5. The van der Waals surface area contributed by atoms with Crippen molar-refractivity contribution in [3.63, 3.8) is 0 Å². The van der Waals surface area contributed by atoms with Crippen molar-refractivity contribution in [1.82, 2.24) is 19.7 Å². The lowest BCUT2D eigenvalue weighted by molar-refractivity contribution is -0.145. The lowest BCUT2D eigenvalue weighted by Gasteiger charge is -2.08. The minimum atomic E-state index is -4.69. The lowest BCUT2D eigenvalue weighted by Crippen LogP contribution is -2.11. The maximum absolute atomic E-state index is 12.5. The molecule has 0 N–H and O–H groups in total. The Balaban J connectivity index is 2.35. The standard InChI is InChI=1S/C10H8ClF3N4O/c1-5-3-8(18(2)17-5)19-7-4-6(11)15-9(16-7)10(12,13)14/h3-4H,1-2H3. The molecule has 2 heterocycles. The van der Waals surface area contributed by atoms with Crippen LogP contribution in [0.5, 0.6) is 11.8 Å². The van der Waals surface area contributed by atoms with E-state index < -0.39 is 12.0 Å². The molecule has 0 amide bonds. The fourth-order valence-corrected chi connectivity index (χ4v) is 1.54. The molecule has 0 saturated carbocycles. The van der Waals surface area contributed by atoms with Gasteiger partial charge in [-0.2, -0.15) is 23.3 Å². The summed E-state index contributed by atoms with van der Waals surface area (Å²) in [4.78, 5) is 6.37. The van der Waals surface area contributed by atoms with E-state index in [-0.39, 0.29) is 16.9 Å². The van der Waals surface area contributed by atoms with Crippen LogP contribution in [0.1, 0.15) is 11.5 Å². The van der Waals surface area contributed by atoms with E-state index in [2.05, 4.69) is 15.1 Å². The molecule has 0 unspecified atom stereocenters. The Hall–Kier alpha value is -1.83. The largest absolute Gasteiger partial charge is 0.451 e. The maximum Gasteiger partial charge on any atom is 0.451 e. The van der Waals surface area contributed by atoms with Crippen molar-refractivity contribution in [3.05, 3.63) is 28.8 Å². The number of hydrogen-bond donors (Lipinski definition) is 0. The first-order chi connectivity index (χ1) is 8.75. The number of halogens is 4. The van der Waals surface area contributed by atoms with E-state index in [0.717, 1.165) is 6.07 Å². The van der Waals surface area contributed by atoms with Crippen LogP contribution in [0.2, 0.25) is 5.15 Å². The van der Waals surface area contributed by atoms with Gasteiger partial charge in [-0.3, -0.25) is 0 Å². The predicted octanol–water partition coefficient (Wildman–Crippen LogP) is 2.98. The Morgan fingerprint density at radius 1 is 1.26 bits per heavy atom. The first-order valence-corrected chi connectivity index (χ1v) is 5.44. The summed E-state index contributed by atoms with van der Waals surface area (Å²) in [5, 5.41) is 3.64. The van der Waals surface area contributed by atoms with Gasteiger partial charge in [-0.05, 0) is 6.92 Å². The second kappa shape index (κ2) is 4.69. The first-order valence-electron chi connectivity index (χ1n) is 5.06. The fraction of sp³-hybridized carbons (Fsp3) is 0.300. The van der Waals surface area contributed by atoms with Gasteiger partial charge in [0, 0.05) is 19.2 Å². The van der Waals surface area contributed by atoms with E-state index in [1.54, 1.807) is 20.0 Å². The predicted molar refractivity (Wildman–Crippen MR) is 60.1 cm³/mol. The normalized spacial score (nSPS) is 11.7. The molecule has 0 aromatic carbocycles. The van der Waals surface area contributed by atoms with Crippen LogP contribution >= 0.6 is 11.6 Å². The van der Waals surface area contributed by atoms with Gasteiger partial charge in [0.15, 0.2) is 0 Å². The van der Waals surface area contributed by atoms with Gasteiger partial charge in [-0.25, -0.2) is 9.67 Å². The van der Waals surface area contributed by atoms with Crippen LogP contribution in [0.3, 0.4) is 0 Å². The molecule has 0 aliphatic rings. The van der Waals surface area contributed by atoms with E-state index in [1.165, 1.54) is 4.68 Å². The summed E-state index contributed by atoms with van der Waals surface area (Å²) in [6.45, 7) is 1.72. The van der Waals surface area contributed by atoms with Crippen LogP contribution in [-0.2, 0) is 13.2 Å². The van der Waals surface area contributed by atoms with Crippen molar-refractivity contribution in [2.24, 2.45) is 7.05 Å². The highest BCUT2D eigenvalue weighted by Crippen LogP contribution is 2.30. The monoisotopic (exact) mass is 292 g/mol. The smallest absolute Gasteiger partial charge is 0.421 e. The van der Waals surface area contributed by atoms with Crippen LogP contribution in [0.4, 0.5) is 13.2 Å². The quantitative estimate of drug-likeness (QED) is 0.799. The number of aromatic nitrogens is 4. The molecule has 0 radical (unpaired) electrons. The highest BCUT2D eigenvalue weighted by atomic mass is 35.5. The average Bonchev–Trinajstić information content (AvgIpc) is 2.55. The molecule has 0 aliphatic heterocycles. The third-order valence-corrected chi connectivity index (χ3v) is 2.29. The number of aryl methyl sites for hydroxylation is 2. The molecule has 102 valence electrons. The Kier molecular flexibility index (Phi) is 3.36. The fourth-order valence-electron chi connectivity index (χ4n) is 1.37. The zero-order valence-corrected chi connectivity index (χ0v) is 10.6. The molecule has 5 nitrogen and oxygen atoms in total. The van der Waals surface area contributed by atoms with Gasteiger partial charge in [0.1, 0.15) is 5.15 Å². The Bertz CT molecular complexity index is 611. The maximum atomic E-state index is 12.5. The SMILES string of the molecule is Cc1cc(Oc2cc(Cl)nc(C(F)(F)F)n2)n(C)n1. The summed E-state index contributed by atoms with van der Waals surface area (Å²) in [5.41, 5.74) is 0.661. The summed E-state index contributed by atoms with van der Waals surface area (Å²) < 4.78 is 44.1. The molecule has 0 atom stereocenters. The van der Waals surface area contributed by atoms with Crippen molar-refractivity contribution in [2.45, 2.75) is 13.1 Å². The van der Waals surface area contributed by atoms with Gasteiger partial charge >= 0.3 is 6.18 Å². The second-order valence-corrected chi connectivity index (χ2v) is 4.09. The van der Waals surface area contributed by atoms with Crippen molar-refractivity contribution < 1.29 is 17.9 Å². The second-order valence-electron chi connectivity index (χ2n) is 3.70. The molecule has 2 aromatic heterocycles. The van der Waals surface area contributed by atoms with E-state index in [0.29, 0.717) is 5.69 Å². The molecule has 2 rings (SSSR count). The number of hydrogen-bond acceptors (Lipinski definition) is 4. The van der Waals surface area contributed by atoms with Crippen LogP contribution in [0.15, 0.2) is 12.1 Å². The summed E-state index contributed by atoms with van der Waals surface area (Å²) in [7, 11) is 1.59. The summed E-state index contributed by atoms with van der Waals surface area (Å²) in [6.07, 6.45) is -4.69. The number of alkyl halides is 3. The molecular formula is C10H8ClF3N4O. The topological polar surface area (TPSA) is 52.8 Å². The third kappa shape index (κ3) is 3.14. The van der Waals surface area contributed by atoms with E-state index in [4.69, 9.17) is 16.3 Å². The zero-order valence-electron chi connectivity index (χ0n) is 9.86. The number of ether oxygens (including phenoxy) is 1. The number of rotatable bonds is 2. The molecule has 19 heavy (non-hydrogen) atoms. The highest BCUT2D eigenvalue weighted by Gasteiger charge is 2.35. The van der Waals surface area contributed by atoms with E-state index >= 15 is 0 Å². The molecule has 0 spiro atoms. The summed E-state index contributed by atoms with van der Waals surface area (Å²) in [6, 6.07) is 2.66. The third-order valence-electron chi connectivity index (χ3n) is 2.09. The summed E-state index contributed by atoms with van der Waals surface area (Å²) >= 11 is 5.51. The van der Waals surface area contributed by atoms with Gasteiger partial charge in [-0.1, -0.05) is 11.6 Å². The Labute approximate surface area is 111 Å². The molecule has 2 aromatic rings. The van der Waals surface area contributed by atoms with Gasteiger partial charge in [0.2, 0.25) is 17.6 Å². The number of nitrogens with zero attached hydrogens (tertiary/aromatic N) is 4. The van der Waals surface area contributed by atoms with Crippen molar-refractivity contribution in [1.29, 1.82) is 0 Å².